The molecule has 7 nitrogen and oxygen atoms in total. The summed E-state index contributed by atoms with van der Waals surface area (Å²) in [6, 6.07) is 14.6. The highest BCUT2D eigenvalue weighted by atomic mass is 35.5. The van der Waals surface area contributed by atoms with Crippen LogP contribution in [0.5, 0.6) is 5.75 Å². The van der Waals surface area contributed by atoms with Gasteiger partial charge >= 0.3 is 0 Å². The lowest BCUT2D eigenvalue weighted by atomic mass is 9.80. The van der Waals surface area contributed by atoms with Crippen LogP contribution >= 0.6 is 58.2 Å². The van der Waals surface area contributed by atoms with Gasteiger partial charge in [-0.25, -0.2) is 4.68 Å². The summed E-state index contributed by atoms with van der Waals surface area (Å²) in [5.41, 5.74) is 2.03. The maximum absolute atomic E-state index is 14.5. The molecule has 0 aliphatic heterocycles. The van der Waals surface area contributed by atoms with Crippen LogP contribution in [0.15, 0.2) is 63.1 Å². The molecule has 12 heteroatoms. The second-order valence-corrected chi connectivity index (χ2v) is 18.8. The molecule has 0 saturated heterocycles. The van der Waals surface area contributed by atoms with Gasteiger partial charge in [0.05, 0.1) is 32.3 Å². The highest BCUT2D eigenvalue weighted by molar-refractivity contribution is 7.99. The lowest BCUT2D eigenvalue weighted by Crippen LogP contribution is -2.17. The first-order chi connectivity index (χ1) is 28.4. The van der Waals surface area contributed by atoms with E-state index in [2.05, 4.69) is 62.5 Å². The van der Waals surface area contributed by atoms with Crippen LogP contribution in [0.25, 0.3) is 5.69 Å². The minimum absolute atomic E-state index is 0.0508. The Morgan fingerprint density at radius 1 is 0.746 bits per heavy atom. The number of aromatic nitrogens is 2. The maximum atomic E-state index is 14.5. The van der Waals surface area contributed by atoms with Crippen molar-refractivity contribution in [3.8, 4) is 11.4 Å². The first kappa shape index (κ1) is 48.9. The third kappa shape index (κ3) is 15.3. The average Bonchev–Trinajstić information content (AvgIpc) is 3.48. The predicted octanol–water partition coefficient (Wildman–Crippen LogP) is 16.4. The van der Waals surface area contributed by atoms with E-state index in [-0.39, 0.29) is 32.6 Å². The number of carbonyl (C=O) groups excluding carboxylic acids is 1. The van der Waals surface area contributed by atoms with Crippen LogP contribution in [0.1, 0.15) is 156 Å². The molecule has 0 spiro atoms. The van der Waals surface area contributed by atoms with Crippen molar-refractivity contribution in [3.63, 3.8) is 0 Å². The smallest absolute Gasteiger partial charge is 0.287 e. The number of rotatable bonds is 27. The molecule has 59 heavy (non-hydrogen) atoms. The zero-order valence-corrected chi connectivity index (χ0v) is 39.5. The zero-order chi connectivity index (χ0) is 42.8. The number of benzene rings is 3. The number of hydrogen-bond acceptors (Lipinski definition) is 5. The summed E-state index contributed by atoms with van der Waals surface area (Å²) in [6.07, 6.45) is 20.3. The highest BCUT2D eigenvalue weighted by Gasteiger charge is 2.26. The summed E-state index contributed by atoms with van der Waals surface area (Å²) in [5, 5.41) is 10.8. The van der Waals surface area contributed by atoms with Gasteiger partial charge in [-0.3, -0.25) is 14.7 Å². The number of aromatic amines is 1. The molecule has 1 heterocycles. The molecule has 1 amide bonds. The summed E-state index contributed by atoms with van der Waals surface area (Å²) in [5.74, 6) is 1.00. The van der Waals surface area contributed by atoms with Gasteiger partial charge in [-0.2, -0.15) is 0 Å². The fraction of sp³-hybridized carbons (Fsp3) is 0.532. The molecule has 3 N–H and O–H groups in total. The Balaban J connectivity index is 1.60. The normalized spacial score (nSPS) is 11.6. The highest BCUT2D eigenvalue weighted by Crippen LogP contribution is 2.43. The summed E-state index contributed by atoms with van der Waals surface area (Å²) in [4.78, 5) is 28.7. The number of unbranched alkanes of at least 4 members (excludes halogenated alkanes) is 13. The molecule has 0 unspecified atom stereocenters. The second-order valence-electron chi connectivity index (χ2n) is 16.1. The van der Waals surface area contributed by atoms with Crippen molar-refractivity contribution in [2.24, 2.45) is 0 Å². The number of nitrogens with one attached hydrogen (secondary N) is 3. The van der Waals surface area contributed by atoms with E-state index in [0.29, 0.717) is 50.9 Å². The molecule has 4 aromatic rings. The first-order valence-corrected chi connectivity index (χ1v) is 24.0. The summed E-state index contributed by atoms with van der Waals surface area (Å²) >= 11 is 27.7. The van der Waals surface area contributed by atoms with E-state index in [1.165, 1.54) is 74.2 Å². The Hall–Kier alpha value is -2.75. The number of amides is 1. The van der Waals surface area contributed by atoms with Gasteiger partial charge in [-0.05, 0) is 72.7 Å². The van der Waals surface area contributed by atoms with Crippen molar-refractivity contribution >= 4 is 81.3 Å². The fourth-order valence-corrected chi connectivity index (χ4v) is 9.20. The Morgan fingerprint density at radius 3 is 2.00 bits per heavy atom. The van der Waals surface area contributed by atoms with Crippen LogP contribution in [0.3, 0.4) is 0 Å². The zero-order valence-electron chi connectivity index (χ0n) is 35.6. The number of carbonyl (C=O) groups is 1. The molecule has 0 fully saturated rings. The molecule has 0 saturated carbocycles. The van der Waals surface area contributed by atoms with Crippen LogP contribution in [0.4, 0.5) is 17.2 Å². The Morgan fingerprint density at radius 2 is 1.36 bits per heavy atom. The van der Waals surface area contributed by atoms with Crippen molar-refractivity contribution < 1.29 is 9.53 Å². The van der Waals surface area contributed by atoms with Crippen molar-refractivity contribution in [1.82, 2.24) is 9.78 Å². The van der Waals surface area contributed by atoms with E-state index in [9.17, 15) is 9.59 Å². The Kier molecular flexibility index (Phi) is 20.9. The number of ether oxygens (including phenoxy) is 1. The molecule has 0 aliphatic rings. The van der Waals surface area contributed by atoms with E-state index >= 15 is 0 Å². The second kappa shape index (κ2) is 25.2. The van der Waals surface area contributed by atoms with Gasteiger partial charge in [0.15, 0.2) is 0 Å². The van der Waals surface area contributed by atoms with Gasteiger partial charge < -0.3 is 15.4 Å². The van der Waals surface area contributed by atoms with E-state index in [4.69, 9.17) is 51.1 Å². The van der Waals surface area contributed by atoms with Gasteiger partial charge in [-0.1, -0.05) is 189 Å². The third-order valence-electron chi connectivity index (χ3n) is 10.7. The SMILES string of the molecule is CCCCCCCCCCCCCC(=O)Nc1ccc(Cl)c(Nc2[nH]n(-c3c(Cl)cc(Cl)cc3Cl)c(=O)c2Sc2cc(C(C)(C)CCCCC)ccc2OCCCC)c1. The fourth-order valence-electron chi connectivity index (χ4n) is 7.04. The molecule has 1 aromatic heterocycles. The predicted molar refractivity (Wildman–Crippen MR) is 254 cm³/mol. The van der Waals surface area contributed by atoms with Gasteiger partial charge in [0.2, 0.25) is 5.91 Å². The van der Waals surface area contributed by atoms with Gasteiger partial charge in [0.1, 0.15) is 22.2 Å². The minimum atomic E-state index is -0.386. The van der Waals surface area contributed by atoms with Gasteiger partial charge in [0.25, 0.3) is 5.56 Å². The van der Waals surface area contributed by atoms with Crippen LogP contribution in [-0.2, 0) is 10.2 Å². The molecule has 3 aromatic carbocycles. The van der Waals surface area contributed by atoms with Crippen molar-refractivity contribution in [3.05, 3.63) is 84.5 Å². The topological polar surface area (TPSA) is 88.2 Å². The van der Waals surface area contributed by atoms with Crippen LogP contribution < -0.4 is 20.9 Å². The van der Waals surface area contributed by atoms with E-state index in [0.717, 1.165) is 61.8 Å². The van der Waals surface area contributed by atoms with E-state index in [1.807, 2.05) is 6.07 Å². The van der Waals surface area contributed by atoms with Crippen molar-refractivity contribution in [2.75, 3.05) is 17.2 Å². The van der Waals surface area contributed by atoms with E-state index < -0.39 is 0 Å². The van der Waals surface area contributed by atoms with E-state index in [1.54, 1.807) is 30.3 Å². The molecule has 4 rings (SSSR count). The number of nitrogens with zero attached hydrogens (tertiary/aromatic N) is 1. The quantitative estimate of drug-likeness (QED) is 0.0519. The number of H-pyrrole nitrogens is 1. The monoisotopic (exact) mass is 904 g/mol. The molecular formula is C47H64Cl4N4O3S. The van der Waals surface area contributed by atoms with Gasteiger partial charge in [-0.15, -0.1) is 0 Å². The number of hydrogen-bond donors (Lipinski definition) is 3. The largest absolute Gasteiger partial charge is 0.492 e. The lowest BCUT2D eigenvalue weighted by molar-refractivity contribution is -0.116. The summed E-state index contributed by atoms with van der Waals surface area (Å²) in [6.45, 7) is 11.7. The minimum Gasteiger partial charge on any atom is -0.492 e. The van der Waals surface area contributed by atoms with Crippen molar-refractivity contribution in [2.45, 2.75) is 165 Å². The molecule has 0 aliphatic carbocycles. The van der Waals surface area contributed by atoms with Crippen LogP contribution in [0, 0.1) is 0 Å². The van der Waals surface area contributed by atoms with Crippen molar-refractivity contribution in [1.29, 1.82) is 0 Å². The first-order valence-electron chi connectivity index (χ1n) is 21.7. The third-order valence-corrected chi connectivity index (χ3v) is 12.9. The molecular weight excluding hydrogens is 842 g/mol. The van der Waals surface area contributed by atoms with Crippen LogP contribution in [-0.4, -0.2) is 22.3 Å². The molecule has 0 bridgehead atoms. The number of anilines is 3. The number of halogens is 4. The summed E-state index contributed by atoms with van der Waals surface area (Å²) in [7, 11) is 0. The van der Waals surface area contributed by atoms with Gasteiger partial charge in [0, 0.05) is 17.1 Å². The summed E-state index contributed by atoms with van der Waals surface area (Å²) < 4.78 is 7.64. The lowest BCUT2D eigenvalue weighted by Gasteiger charge is -2.26. The standard InChI is InChI=1S/C47H64Cl4N4O3S/c1-6-9-12-13-14-15-16-17-18-19-20-22-42(56)52-35-24-25-36(49)39(32-35)53-45-44(46(57)55(54-45)43-37(50)30-34(48)31-38(43)51)59-41-29-33(47(4,5)27-21-10-7-2)23-26-40(41)58-28-11-8-3/h23-26,29-32,53-54H,6-22,27-28H2,1-5H3,(H,52,56). The molecule has 0 radical (unpaired) electrons. The molecule has 0 atom stereocenters. The maximum Gasteiger partial charge on any atom is 0.287 e. The average molecular weight is 907 g/mol. The Labute approximate surface area is 377 Å². The van der Waals surface area contributed by atoms with Crippen LogP contribution in [0.2, 0.25) is 20.1 Å². The molecule has 324 valence electrons. The Bertz CT molecular complexity index is 1970.